The van der Waals surface area contributed by atoms with E-state index >= 15 is 0 Å². The van der Waals surface area contributed by atoms with Gasteiger partial charge in [-0.3, -0.25) is 0 Å². The quantitative estimate of drug-likeness (QED) is 0.574. The van der Waals surface area contributed by atoms with Crippen LogP contribution in [-0.4, -0.2) is 8.07 Å². The topological polar surface area (TPSA) is 0 Å². The van der Waals surface area contributed by atoms with Crippen molar-refractivity contribution in [1.82, 2.24) is 0 Å². The van der Waals surface area contributed by atoms with Crippen molar-refractivity contribution in [2.24, 2.45) is 11.8 Å². The monoisotopic (exact) mass is 272 g/mol. The highest BCUT2D eigenvalue weighted by atomic mass is 28.3. The maximum atomic E-state index is 2.55. The zero-order chi connectivity index (χ0) is 14.5. The standard InChI is InChI=1S/C18H28Si/c1-11-9-13(3)17(15(11)5)19(7,8)18-14(4)10-12(2)16(18)6/h9-10,13-14H,1-8H3. The molecule has 0 spiro atoms. The molecule has 2 aliphatic carbocycles. The van der Waals surface area contributed by atoms with Crippen LogP contribution in [0.3, 0.4) is 0 Å². The second-order valence-corrected chi connectivity index (χ2v) is 11.3. The normalized spacial score (nSPS) is 28.2. The van der Waals surface area contributed by atoms with Crippen LogP contribution in [-0.2, 0) is 0 Å². The maximum Gasteiger partial charge on any atom is 0.105 e. The molecule has 0 amide bonds. The van der Waals surface area contributed by atoms with Crippen molar-refractivity contribution in [2.45, 2.75) is 54.6 Å². The molecule has 0 aliphatic heterocycles. The zero-order valence-electron chi connectivity index (χ0n) is 13.8. The average Bonchev–Trinajstić information content (AvgIpc) is 2.66. The molecule has 2 rings (SSSR count). The third-order valence-electron chi connectivity index (χ3n) is 5.25. The van der Waals surface area contributed by atoms with Crippen molar-refractivity contribution in [3.8, 4) is 0 Å². The van der Waals surface area contributed by atoms with Gasteiger partial charge in [0, 0.05) is 0 Å². The Morgan fingerprint density at radius 3 is 1.26 bits per heavy atom. The molecule has 0 N–H and O–H groups in total. The summed E-state index contributed by atoms with van der Waals surface area (Å²) in [6.07, 6.45) is 4.91. The van der Waals surface area contributed by atoms with E-state index in [1.165, 1.54) is 11.1 Å². The first-order chi connectivity index (χ1) is 8.67. The van der Waals surface area contributed by atoms with Crippen molar-refractivity contribution in [3.05, 3.63) is 44.8 Å². The lowest BCUT2D eigenvalue weighted by atomic mass is 10.2. The van der Waals surface area contributed by atoms with Gasteiger partial charge in [0.2, 0.25) is 0 Å². The number of hydrogen-bond donors (Lipinski definition) is 0. The maximum absolute atomic E-state index is 2.55. The Hall–Kier alpha value is -0.823. The fourth-order valence-electron chi connectivity index (χ4n) is 4.50. The SMILES string of the molecule is CC1=CC(C)C([Si](C)(C)C2=C(C)C(C)=CC2C)=C1C. The van der Waals surface area contributed by atoms with Crippen molar-refractivity contribution in [3.63, 3.8) is 0 Å². The Kier molecular flexibility index (Phi) is 3.55. The Balaban J connectivity index is 2.52. The molecule has 0 aromatic heterocycles. The molecule has 1 heteroatoms. The first kappa shape index (κ1) is 14.6. The van der Waals surface area contributed by atoms with Crippen LogP contribution in [0.15, 0.2) is 44.8 Å². The van der Waals surface area contributed by atoms with E-state index in [4.69, 9.17) is 0 Å². The van der Waals surface area contributed by atoms with Crippen molar-refractivity contribution in [1.29, 1.82) is 0 Å². The van der Waals surface area contributed by atoms with Gasteiger partial charge in [-0.25, -0.2) is 0 Å². The van der Waals surface area contributed by atoms with Gasteiger partial charge >= 0.3 is 0 Å². The molecule has 0 aromatic carbocycles. The van der Waals surface area contributed by atoms with E-state index in [-0.39, 0.29) is 0 Å². The molecule has 2 unspecified atom stereocenters. The largest absolute Gasteiger partial charge is 0.105 e. The molecule has 0 radical (unpaired) electrons. The summed E-state index contributed by atoms with van der Waals surface area (Å²) in [4.78, 5) is 0. The van der Waals surface area contributed by atoms with E-state index in [0.29, 0.717) is 11.8 Å². The van der Waals surface area contributed by atoms with E-state index in [0.717, 1.165) is 0 Å². The van der Waals surface area contributed by atoms with Crippen LogP contribution in [0.4, 0.5) is 0 Å². The van der Waals surface area contributed by atoms with E-state index in [1.807, 2.05) is 0 Å². The van der Waals surface area contributed by atoms with E-state index in [9.17, 15) is 0 Å². The van der Waals surface area contributed by atoms with Crippen LogP contribution in [0.25, 0.3) is 0 Å². The Labute approximate surface area is 120 Å². The van der Waals surface area contributed by atoms with Crippen LogP contribution in [0.5, 0.6) is 0 Å². The lowest BCUT2D eigenvalue weighted by Gasteiger charge is -2.33. The predicted octanol–water partition coefficient (Wildman–Crippen LogP) is 5.60. The Bertz CT molecular complexity index is 490. The van der Waals surface area contributed by atoms with Gasteiger partial charge in [0.15, 0.2) is 0 Å². The first-order valence-corrected chi connectivity index (χ1v) is 10.5. The lowest BCUT2D eigenvalue weighted by Crippen LogP contribution is -2.37. The summed E-state index contributed by atoms with van der Waals surface area (Å²) < 4.78 is 0. The molecule has 104 valence electrons. The number of rotatable bonds is 2. The highest BCUT2D eigenvalue weighted by molar-refractivity contribution is 6.91. The average molecular weight is 273 g/mol. The summed E-state index contributed by atoms with van der Waals surface area (Å²) in [7, 11) is -1.52. The Morgan fingerprint density at radius 2 is 1.05 bits per heavy atom. The van der Waals surface area contributed by atoms with Gasteiger partial charge in [-0.2, -0.15) is 0 Å². The molecular weight excluding hydrogens is 244 g/mol. The predicted molar refractivity (Wildman–Crippen MR) is 88.7 cm³/mol. The number of allylic oxidation sites excluding steroid dienone is 8. The minimum atomic E-state index is -1.52. The molecule has 2 atom stereocenters. The first-order valence-electron chi connectivity index (χ1n) is 7.48. The molecule has 19 heavy (non-hydrogen) atoms. The molecule has 0 saturated carbocycles. The van der Waals surface area contributed by atoms with Gasteiger partial charge in [0.25, 0.3) is 0 Å². The van der Waals surface area contributed by atoms with Crippen LogP contribution >= 0.6 is 0 Å². The summed E-state index contributed by atoms with van der Waals surface area (Å²) in [6, 6.07) is 0. The summed E-state index contributed by atoms with van der Waals surface area (Å²) in [5.74, 6) is 1.27. The van der Waals surface area contributed by atoms with Gasteiger partial charge in [0.05, 0.1) is 0 Å². The fraction of sp³-hybridized carbons (Fsp3) is 0.556. The third kappa shape index (κ3) is 2.12. The van der Waals surface area contributed by atoms with E-state index in [1.54, 1.807) is 21.5 Å². The molecule has 0 fully saturated rings. The molecular formula is C18H28Si. The van der Waals surface area contributed by atoms with Gasteiger partial charge in [-0.1, -0.05) is 71.8 Å². The fourth-order valence-corrected chi connectivity index (χ4v) is 9.50. The van der Waals surface area contributed by atoms with Crippen LogP contribution < -0.4 is 0 Å². The van der Waals surface area contributed by atoms with Crippen molar-refractivity contribution < 1.29 is 0 Å². The number of hydrogen-bond acceptors (Lipinski definition) is 0. The third-order valence-corrected chi connectivity index (χ3v) is 9.60. The van der Waals surface area contributed by atoms with Crippen LogP contribution in [0.2, 0.25) is 13.1 Å². The van der Waals surface area contributed by atoms with E-state index in [2.05, 4.69) is 66.8 Å². The van der Waals surface area contributed by atoms with Crippen LogP contribution in [0, 0.1) is 11.8 Å². The summed E-state index contributed by atoms with van der Waals surface area (Å²) >= 11 is 0. The van der Waals surface area contributed by atoms with E-state index < -0.39 is 8.07 Å². The molecule has 0 aromatic rings. The van der Waals surface area contributed by atoms with Gasteiger partial charge in [-0.15, -0.1) is 0 Å². The highest BCUT2D eigenvalue weighted by Gasteiger charge is 2.40. The van der Waals surface area contributed by atoms with Gasteiger partial charge < -0.3 is 0 Å². The summed E-state index contributed by atoms with van der Waals surface area (Å²) in [5, 5.41) is 3.52. The smallest absolute Gasteiger partial charge is 0.0748 e. The lowest BCUT2D eigenvalue weighted by molar-refractivity contribution is 0.888. The van der Waals surface area contributed by atoms with Crippen molar-refractivity contribution >= 4 is 8.07 Å². The minimum absolute atomic E-state index is 0.634. The zero-order valence-corrected chi connectivity index (χ0v) is 14.8. The second-order valence-electron chi connectivity index (χ2n) is 6.98. The van der Waals surface area contributed by atoms with Crippen LogP contribution in [0.1, 0.15) is 41.5 Å². The molecule has 0 heterocycles. The molecule has 0 nitrogen and oxygen atoms in total. The van der Waals surface area contributed by atoms with Gasteiger partial charge in [0.1, 0.15) is 8.07 Å². The molecule has 0 bridgehead atoms. The second kappa shape index (κ2) is 4.62. The molecule has 0 saturated heterocycles. The Morgan fingerprint density at radius 1 is 0.737 bits per heavy atom. The summed E-state index contributed by atoms with van der Waals surface area (Å²) in [5.41, 5.74) is 6.13. The summed E-state index contributed by atoms with van der Waals surface area (Å²) in [6.45, 7) is 19.1. The highest BCUT2D eigenvalue weighted by Crippen LogP contribution is 2.45. The molecule has 2 aliphatic rings. The van der Waals surface area contributed by atoms with Gasteiger partial charge in [-0.05, 0) is 39.5 Å². The minimum Gasteiger partial charge on any atom is -0.0748 e. The van der Waals surface area contributed by atoms with Crippen molar-refractivity contribution in [2.75, 3.05) is 0 Å².